The maximum atomic E-state index is 13.5. The van der Waals surface area contributed by atoms with Gasteiger partial charge in [0, 0.05) is 13.6 Å². The summed E-state index contributed by atoms with van der Waals surface area (Å²) in [6.45, 7) is -0.281. The predicted molar refractivity (Wildman–Crippen MR) is 86.7 cm³/mol. The molecule has 0 aliphatic heterocycles. The van der Waals surface area contributed by atoms with Crippen molar-refractivity contribution in [3.63, 3.8) is 0 Å². The average Bonchev–Trinajstić information content (AvgIpc) is 2.59. The summed E-state index contributed by atoms with van der Waals surface area (Å²) in [6.07, 6.45) is -4.42. The van der Waals surface area contributed by atoms with Gasteiger partial charge in [0.2, 0.25) is 5.91 Å². The smallest absolute Gasteiger partial charge is 0.343 e. The molecule has 0 heterocycles. The summed E-state index contributed by atoms with van der Waals surface area (Å²) in [5, 5.41) is 2.32. The Labute approximate surface area is 147 Å². The molecule has 26 heavy (non-hydrogen) atoms. The van der Waals surface area contributed by atoms with Crippen LogP contribution in [0, 0.1) is 5.82 Å². The number of likely N-dealkylation sites (N-methyl/N-ethyl adjacent to an activating group) is 1. The first-order valence-electron chi connectivity index (χ1n) is 7.61. The third kappa shape index (κ3) is 5.05. The highest BCUT2D eigenvalue weighted by Crippen LogP contribution is 2.29. The van der Waals surface area contributed by atoms with Crippen molar-refractivity contribution in [2.24, 2.45) is 0 Å². The van der Waals surface area contributed by atoms with Crippen molar-refractivity contribution in [3.8, 4) is 0 Å². The molecule has 8 heteroatoms. The molecule has 0 atom stereocenters. The van der Waals surface area contributed by atoms with Gasteiger partial charge in [-0.05, 0) is 29.8 Å². The summed E-state index contributed by atoms with van der Waals surface area (Å²) in [4.78, 5) is 25.1. The van der Waals surface area contributed by atoms with Crippen molar-refractivity contribution in [1.82, 2.24) is 10.2 Å². The molecule has 4 nitrogen and oxygen atoms in total. The first-order chi connectivity index (χ1) is 12.2. The minimum absolute atomic E-state index is 0.0759. The summed E-state index contributed by atoms with van der Waals surface area (Å²) < 4.78 is 51.1. The van der Waals surface area contributed by atoms with Gasteiger partial charge >= 0.3 is 6.18 Å². The van der Waals surface area contributed by atoms with Gasteiger partial charge in [-0.25, -0.2) is 4.39 Å². The number of hydrogen-bond donors (Lipinski definition) is 1. The highest BCUT2D eigenvalue weighted by molar-refractivity contribution is 5.96. The van der Waals surface area contributed by atoms with E-state index in [1.54, 1.807) is 0 Å². The van der Waals surface area contributed by atoms with E-state index in [2.05, 4.69) is 5.32 Å². The van der Waals surface area contributed by atoms with E-state index >= 15 is 0 Å². The lowest BCUT2D eigenvalue weighted by Gasteiger charge is -2.18. The Morgan fingerprint density at radius 1 is 1.04 bits per heavy atom. The second-order valence-corrected chi connectivity index (χ2v) is 5.61. The second-order valence-electron chi connectivity index (χ2n) is 5.61. The minimum Gasteiger partial charge on any atom is -0.343 e. The first-order valence-corrected chi connectivity index (χ1v) is 7.61. The van der Waals surface area contributed by atoms with E-state index < -0.39 is 29.4 Å². The van der Waals surface area contributed by atoms with E-state index in [1.165, 1.54) is 42.3 Å². The molecule has 0 spiro atoms. The van der Waals surface area contributed by atoms with Gasteiger partial charge in [0.25, 0.3) is 5.91 Å². The molecule has 0 bridgehead atoms. The van der Waals surface area contributed by atoms with Gasteiger partial charge in [0.05, 0.1) is 17.7 Å². The topological polar surface area (TPSA) is 49.4 Å². The molecule has 0 fully saturated rings. The van der Waals surface area contributed by atoms with Crippen LogP contribution in [0.1, 0.15) is 21.5 Å². The standard InChI is InChI=1S/C18H16F4N2O2/c1-24(11-12-6-8-13(9-7-12)18(20,21)22)16(25)10-23-17(26)14-4-2-3-5-15(14)19/h2-9H,10-11H2,1H3,(H,23,26). The van der Waals surface area contributed by atoms with Crippen molar-refractivity contribution in [3.05, 3.63) is 71.0 Å². The zero-order valence-electron chi connectivity index (χ0n) is 13.8. The lowest BCUT2D eigenvalue weighted by molar-refractivity contribution is -0.137. The van der Waals surface area contributed by atoms with Gasteiger partial charge < -0.3 is 10.2 Å². The molecule has 0 radical (unpaired) electrons. The van der Waals surface area contributed by atoms with E-state index in [1.807, 2.05) is 0 Å². The van der Waals surface area contributed by atoms with Crippen LogP contribution in [0.15, 0.2) is 48.5 Å². The van der Waals surface area contributed by atoms with Crippen LogP contribution in [-0.2, 0) is 17.5 Å². The third-order valence-corrected chi connectivity index (χ3v) is 3.65. The molecule has 138 valence electrons. The van der Waals surface area contributed by atoms with E-state index in [9.17, 15) is 27.2 Å². The number of carbonyl (C=O) groups is 2. The SMILES string of the molecule is CN(Cc1ccc(C(F)(F)F)cc1)C(=O)CNC(=O)c1ccccc1F. The highest BCUT2D eigenvalue weighted by atomic mass is 19.4. The number of halogens is 4. The molecule has 0 saturated heterocycles. The number of nitrogens with zero attached hydrogens (tertiary/aromatic N) is 1. The van der Waals surface area contributed by atoms with Gasteiger partial charge in [-0.1, -0.05) is 24.3 Å². The summed E-state index contributed by atoms with van der Waals surface area (Å²) in [6, 6.07) is 9.80. The van der Waals surface area contributed by atoms with Gasteiger partial charge in [0.15, 0.2) is 0 Å². The molecule has 0 saturated carbocycles. The Kier molecular flexibility index (Phi) is 5.97. The maximum Gasteiger partial charge on any atom is 0.416 e. The van der Waals surface area contributed by atoms with Crippen molar-refractivity contribution >= 4 is 11.8 Å². The Hall–Kier alpha value is -2.90. The van der Waals surface area contributed by atoms with Crippen molar-refractivity contribution in [2.45, 2.75) is 12.7 Å². The number of nitrogens with one attached hydrogen (secondary N) is 1. The summed E-state index contributed by atoms with van der Waals surface area (Å²) in [7, 11) is 1.45. The Morgan fingerprint density at radius 3 is 2.23 bits per heavy atom. The lowest BCUT2D eigenvalue weighted by atomic mass is 10.1. The van der Waals surface area contributed by atoms with Crippen LogP contribution < -0.4 is 5.32 Å². The Morgan fingerprint density at radius 2 is 1.65 bits per heavy atom. The molecule has 2 aromatic rings. The zero-order valence-corrected chi connectivity index (χ0v) is 13.8. The predicted octanol–water partition coefficient (Wildman–Crippen LogP) is 3.23. The maximum absolute atomic E-state index is 13.5. The van der Waals surface area contributed by atoms with E-state index in [0.717, 1.165) is 18.2 Å². The van der Waals surface area contributed by atoms with Crippen molar-refractivity contribution in [2.75, 3.05) is 13.6 Å². The number of benzene rings is 2. The van der Waals surface area contributed by atoms with Crippen molar-refractivity contribution in [1.29, 1.82) is 0 Å². The van der Waals surface area contributed by atoms with Crippen LogP contribution in [-0.4, -0.2) is 30.3 Å². The second kappa shape index (κ2) is 7.99. The number of rotatable bonds is 5. The number of hydrogen-bond acceptors (Lipinski definition) is 2. The molecule has 0 aliphatic carbocycles. The number of amides is 2. The van der Waals surface area contributed by atoms with Gasteiger partial charge in [-0.15, -0.1) is 0 Å². The number of carbonyl (C=O) groups excluding carboxylic acids is 2. The fraction of sp³-hybridized carbons (Fsp3) is 0.222. The first kappa shape index (κ1) is 19.4. The number of alkyl halides is 3. The normalized spacial score (nSPS) is 11.1. The molecule has 1 N–H and O–H groups in total. The molecule has 2 amide bonds. The molecular formula is C18H16F4N2O2. The van der Waals surface area contributed by atoms with Gasteiger partial charge in [0.1, 0.15) is 5.82 Å². The Balaban J connectivity index is 1.89. The van der Waals surface area contributed by atoms with Crippen LogP contribution in [0.5, 0.6) is 0 Å². The Bertz CT molecular complexity index is 789. The van der Waals surface area contributed by atoms with Crippen molar-refractivity contribution < 1.29 is 27.2 Å². The molecule has 2 rings (SSSR count). The van der Waals surface area contributed by atoms with Crippen LogP contribution in [0.4, 0.5) is 17.6 Å². The third-order valence-electron chi connectivity index (χ3n) is 3.65. The summed E-state index contributed by atoms with van der Waals surface area (Å²) in [5.74, 6) is -1.88. The molecule has 2 aromatic carbocycles. The fourth-order valence-electron chi connectivity index (χ4n) is 2.19. The zero-order chi connectivity index (χ0) is 19.3. The van der Waals surface area contributed by atoms with Crippen LogP contribution in [0.25, 0.3) is 0 Å². The van der Waals surface area contributed by atoms with E-state index in [4.69, 9.17) is 0 Å². The summed E-state index contributed by atoms with van der Waals surface area (Å²) in [5.41, 5.74) is -0.438. The lowest BCUT2D eigenvalue weighted by Crippen LogP contribution is -2.38. The van der Waals surface area contributed by atoms with E-state index in [0.29, 0.717) is 5.56 Å². The van der Waals surface area contributed by atoms with Gasteiger partial charge in [-0.2, -0.15) is 13.2 Å². The van der Waals surface area contributed by atoms with Crippen LogP contribution >= 0.6 is 0 Å². The van der Waals surface area contributed by atoms with Crippen LogP contribution in [0.2, 0.25) is 0 Å². The molecule has 0 aromatic heterocycles. The monoisotopic (exact) mass is 368 g/mol. The van der Waals surface area contributed by atoms with E-state index in [-0.39, 0.29) is 18.7 Å². The molecule has 0 aliphatic rings. The fourth-order valence-corrected chi connectivity index (χ4v) is 2.19. The highest BCUT2D eigenvalue weighted by Gasteiger charge is 2.30. The molecule has 0 unspecified atom stereocenters. The average molecular weight is 368 g/mol. The summed E-state index contributed by atoms with van der Waals surface area (Å²) >= 11 is 0. The largest absolute Gasteiger partial charge is 0.416 e. The minimum atomic E-state index is -4.42. The quantitative estimate of drug-likeness (QED) is 0.824. The molecular weight excluding hydrogens is 352 g/mol. The van der Waals surface area contributed by atoms with Crippen LogP contribution in [0.3, 0.4) is 0 Å². The van der Waals surface area contributed by atoms with Gasteiger partial charge in [-0.3, -0.25) is 9.59 Å².